The van der Waals surface area contributed by atoms with Gasteiger partial charge in [0.1, 0.15) is 5.82 Å². The molecule has 0 heterocycles. The molecule has 0 saturated heterocycles. The molecule has 1 aliphatic carbocycles. The van der Waals surface area contributed by atoms with Crippen LogP contribution in [0.1, 0.15) is 29.9 Å². The predicted molar refractivity (Wildman–Crippen MR) is 55.8 cm³/mol. The molecule has 2 rings (SSSR count). The summed E-state index contributed by atoms with van der Waals surface area (Å²) in [5, 5.41) is 0. The first-order valence-electron chi connectivity index (χ1n) is 4.14. The minimum absolute atomic E-state index is 0.0121. The predicted octanol–water partition coefficient (Wildman–Crippen LogP) is 3.62. The second-order valence-electron chi connectivity index (χ2n) is 3.39. The van der Waals surface area contributed by atoms with Crippen LogP contribution >= 0.6 is 22.6 Å². The summed E-state index contributed by atoms with van der Waals surface area (Å²) in [7, 11) is 0. The SMILES string of the molecule is Cc1cc(I)cc(F)c1C1CC1. The number of rotatable bonds is 1. The standard InChI is InChI=1S/C10H10FI/c1-6-4-8(12)5-9(11)10(6)7-2-3-7/h4-5,7H,2-3H2,1H3. The largest absolute Gasteiger partial charge is 0.207 e. The maximum absolute atomic E-state index is 13.4. The fraction of sp³-hybridized carbons (Fsp3) is 0.400. The van der Waals surface area contributed by atoms with Gasteiger partial charge in [-0.1, -0.05) is 0 Å². The molecule has 64 valence electrons. The fourth-order valence-electron chi connectivity index (χ4n) is 1.60. The summed E-state index contributed by atoms with van der Waals surface area (Å²) in [6, 6.07) is 3.68. The Morgan fingerprint density at radius 3 is 2.58 bits per heavy atom. The Labute approximate surface area is 85.3 Å². The van der Waals surface area contributed by atoms with Crippen molar-refractivity contribution >= 4 is 22.6 Å². The van der Waals surface area contributed by atoms with Gasteiger partial charge in [-0.15, -0.1) is 0 Å². The Morgan fingerprint density at radius 1 is 1.42 bits per heavy atom. The van der Waals surface area contributed by atoms with Crippen LogP contribution in [0, 0.1) is 16.3 Å². The maximum atomic E-state index is 13.4. The van der Waals surface area contributed by atoms with E-state index >= 15 is 0 Å². The highest BCUT2D eigenvalue weighted by atomic mass is 127. The Bertz CT molecular complexity index is 293. The van der Waals surface area contributed by atoms with Gasteiger partial charge in [0.05, 0.1) is 0 Å². The van der Waals surface area contributed by atoms with Crippen LogP contribution in [0.15, 0.2) is 12.1 Å². The summed E-state index contributed by atoms with van der Waals surface area (Å²) in [4.78, 5) is 0. The van der Waals surface area contributed by atoms with E-state index in [9.17, 15) is 4.39 Å². The lowest BCUT2D eigenvalue weighted by Crippen LogP contribution is -1.92. The molecule has 2 heteroatoms. The van der Waals surface area contributed by atoms with Gasteiger partial charge in [0, 0.05) is 3.57 Å². The molecule has 1 saturated carbocycles. The van der Waals surface area contributed by atoms with Crippen LogP contribution in [0.3, 0.4) is 0 Å². The molecule has 1 aromatic rings. The molecule has 0 atom stereocenters. The third kappa shape index (κ3) is 1.49. The Morgan fingerprint density at radius 2 is 2.08 bits per heavy atom. The van der Waals surface area contributed by atoms with Gasteiger partial charge in [0.25, 0.3) is 0 Å². The molecule has 1 aromatic carbocycles. The molecule has 0 amide bonds. The third-order valence-electron chi connectivity index (χ3n) is 2.29. The quantitative estimate of drug-likeness (QED) is 0.687. The molecule has 0 nitrogen and oxygen atoms in total. The lowest BCUT2D eigenvalue weighted by molar-refractivity contribution is 0.608. The van der Waals surface area contributed by atoms with Gasteiger partial charge in [-0.3, -0.25) is 0 Å². The van der Waals surface area contributed by atoms with E-state index in [-0.39, 0.29) is 5.82 Å². The van der Waals surface area contributed by atoms with E-state index in [1.807, 2.05) is 6.92 Å². The van der Waals surface area contributed by atoms with Gasteiger partial charge in [-0.2, -0.15) is 0 Å². The molecule has 12 heavy (non-hydrogen) atoms. The fourth-order valence-corrected chi connectivity index (χ4v) is 2.34. The monoisotopic (exact) mass is 276 g/mol. The Hall–Kier alpha value is -0.120. The van der Waals surface area contributed by atoms with E-state index < -0.39 is 0 Å². The molecule has 0 aliphatic heterocycles. The van der Waals surface area contributed by atoms with Crippen LogP contribution < -0.4 is 0 Å². The molecule has 0 unspecified atom stereocenters. The van der Waals surface area contributed by atoms with E-state index in [1.54, 1.807) is 6.07 Å². The number of hydrogen-bond donors (Lipinski definition) is 0. The van der Waals surface area contributed by atoms with Crippen LogP contribution in [-0.2, 0) is 0 Å². The zero-order valence-corrected chi connectivity index (χ0v) is 9.06. The van der Waals surface area contributed by atoms with Crippen LogP contribution in [-0.4, -0.2) is 0 Å². The first-order chi connectivity index (χ1) is 5.68. The van der Waals surface area contributed by atoms with Crippen molar-refractivity contribution in [1.29, 1.82) is 0 Å². The minimum atomic E-state index is -0.0121. The van der Waals surface area contributed by atoms with Gasteiger partial charge in [0.15, 0.2) is 0 Å². The van der Waals surface area contributed by atoms with Gasteiger partial charge in [-0.25, -0.2) is 4.39 Å². The highest BCUT2D eigenvalue weighted by Gasteiger charge is 2.28. The van der Waals surface area contributed by atoms with E-state index in [0.29, 0.717) is 5.92 Å². The van der Waals surface area contributed by atoms with Crippen LogP contribution in [0.4, 0.5) is 4.39 Å². The normalized spacial score (nSPS) is 16.6. The summed E-state index contributed by atoms with van der Waals surface area (Å²) in [5.74, 6) is 0.504. The summed E-state index contributed by atoms with van der Waals surface area (Å²) < 4.78 is 14.4. The zero-order valence-electron chi connectivity index (χ0n) is 6.90. The molecule has 0 radical (unpaired) electrons. The smallest absolute Gasteiger partial charge is 0.127 e. The van der Waals surface area contributed by atoms with Crippen LogP contribution in [0.2, 0.25) is 0 Å². The van der Waals surface area contributed by atoms with Crippen molar-refractivity contribution in [1.82, 2.24) is 0 Å². The van der Waals surface area contributed by atoms with Crippen LogP contribution in [0.25, 0.3) is 0 Å². The number of halogens is 2. The zero-order chi connectivity index (χ0) is 8.72. The van der Waals surface area contributed by atoms with E-state index in [2.05, 4.69) is 28.7 Å². The average Bonchev–Trinajstić information content (AvgIpc) is 2.68. The molecular weight excluding hydrogens is 266 g/mol. The van der Waals surface area contributed by atoms with Gasteiger partial charge in [-0.05, 0) is 71.5 Å². The lowest BCUT2D eigenvalue weighted by atomic mass is 10.0. The first kappa shape index (κ1) is 8.48. The highest BCUT2D eigenvalue weighted by Crippen LogP contribution is 2.43. The highest BCUT2D eigenvalue weighted by molar-refractivity contribution is 14.1. The molecule has 0 N–H and O–H groups in total. The summed E-state index contributed by atoms with van der Waals surface area (Å²) >= 11 is 2.15. The number of hydrogen-bond acceptors (Lipinski definition) is 0. The Balaban J connectivity index is 2.51. The van der Waals surface area contributed by atoms with Gasteiger partial charge in [0.2, 0.25) is 0 Å². The van der Waals surface area contributed by atoms with Crippen molar-refractivity contribution in [2.24, 2.45) is 0 Å². The average molecular weight is 276 g/mol. The summed E-state index contributed by atoms with van der Waals surface area (Å²) in [5.41, 5.74) is 2.07. The second kappa shape index (κ2) is 2.98. The van der Waals surface area contributed by atoms with Crippen molar-refractivity contribution in [3.8, 4) is 0 Å². The van der Waals surface area contributed by atoms with E-state index in [1.165, 1.54) is 12.8 Å². The molecular formula is C10H10FI. The van der Waals surface area contributed by atoms with Crippen molar-refractivity contribution in [3.63, 3.8) is 0 Å². The van der Waals surface area contributed by atoms with Crippen molar-refractivity contribution in [2.45, 2.75) is 25.7 Å². The number of aryl methyl sites for hydroxylation is 1. The van der Waals surface area contributed by atoms with E-state index in [0.717, 1.165) is 14.7 Å². The summed E-state index contributed by atoms with van der Waals surface area (Å²) in [6.07, 6.45) is 2.33. The first-order valence-corrected chi connectivity index (χ1v) is 5.22. The van der Waals surface area contributed by atoms with Crippen molar-refractivity contribution < 1.29 is 4.39 Å². The molecule has 0 aromatic heterocycles. The molecule has 1 aliphatic rings. The lowest BCUT2D eigenvalue weighted by Gasteiger charge is -2.05. The molecule has 0 spiro atoms. The molecule has 1 fully saturated rings. The van der Waals surface area contributed by atoms with E-state index in [4.69, 9.17) is 0 Å². The minimum Gasteiger partial charge on any atom is -0.207 e. The van der Waals surface area contributed by atoms with Crippen LogP contribution in [0.5, 0.6) is 0 Å². The third-order valence-corrected chi connectivity index (χ3v) is 2.91. The topological polar surface area (TPSA) is 0 Å². The Kier molecular flexibility index (Phi) is 2.10. The van der Waals surface area contributed by atoms with Crippen molar-refractivity contribution in [2.75, 3.05) is 0 Å². The summed E-state index contributed by atoms with van der Waals surface area (Å²) in [6.45, 7) is 2.00. The number of benzene rings is 1. The second-order valence-corrected chi connectivity index (χ2v) is 4.64. The van der Waals surface area contributed by atoms with Crippen molar-refractivity contribution in [3.05, 3.63) is 32.6 Å². The maximum Gasteiger partial charge on any atom is 0.127 e. The van der Waals surface area contributed by atoms with Gasteiger partial charge < -0.3 is 0 Å². The molecule has 0 bridgehead atoms. The van der Waals surface area contributed by atoms with Gasteiger partial charge >= 0.3 is 0 Å².